The van der Waals surface area contributed by atoms with Crippen LogP contribution in [0.1, 0.15) is 16.7 Å². The first kappa shape index (κ1) is 13.6. The van der Waals surface area contributed by atoms with Crippen LogP contribution in [0.5, 0.6) is 11.5 Å². The van der Waals surface area contributed by atoms with Gasteiger partial charge in [-0.25, -0.2) is 0 Å². The van der Waals surface area contributed by atoms with Crippen molar-refractivity contribution in [3.8, 4) is 11.5 Å². The van der Waals surface area contributed by atoms with Crippen LogP contribution < -0.4 is 10.1 Å². The summed E-state index contributed by atoms with van der Waals surface area (Å²) >= 11 is 0. The second kappa shape index (κ2) is 6.36. The Morgan fingerprint density at radius 1 is 1.16 bits per heavy atom. The molecule has 0 unspecified atom stereocenters. The summed E-state index contributed by atoms with van der Waals surface area (Å²) in [6, 6.07) is 13.6. The molecule has 2 aromatic carbocycles. The van der Waals surface area contributed by atoms with E-state index < -0.39 is 0 Å². The summed E-state index contributed by atoms with van der Waals surface area (Å²) in [6.07, 6.45) is 0. The number of hydrogen-bond donors (Lipinski definition) is 2. The van der Waals surface area contributed by atoms with Crippen LogP contribution >= 0.6 is 0 Å². The molecule has 0 aliphatic carbocycles. The highest BCUT2D eigenvalue weighted by Crippen LogP contribution is 2.26. The first-order valence-electron chi connectivity index (χ1n) is 6.34. The minimum atomic E-state index is 0.0223. The molecule has 0 fully saturated rings. The normalized spacial score (nSPS) is 10.5. The highest BCUT2D eigenvalue weighted by molar-refractivity contribution is 5.41. The molecule has 0 bridgehead atoms. The summed E-state index contributed by atoms with van der Waals surface area (Å²) in [7, 11) is 1.92. The summed E-state index contributed by atoms with van der Waals surface area (Å²) in [6.45, 7) is 2.85. The average molecular weight is 257 g/mol. The predicted octanol–water partition coefficient (Wildman–Crippen LogP) is 3.00. The quantitative estimate of drug-likeness (QED) is 0.865. The van der Waals surface area contributed by atoms with Gasteiger partial charge in [-0.2, -0.15) is 0 Å². The number of rotatable bonds is 5. The van der Waals surface area contributed by atoms with Crippen molar-refractivity contribution in [1.29, 1.82) is 0 Å². The van der Waals surface area contributed by atoms with Gasteiger partial charge < -0.3 is 15.2 Å². The Morgan fingerprint density at radius 3 is 2.74 bits per heavy atom. The van der Waals surface area contributed by atoms with Gasteiger partial charge in [0.1, 0.15) is 11.5 Å². The van der Waals surface area contributed by atoms with Gasteiger partial charge in [0.15, 0.2) is 0 Å². The summed E-state index contributed by atoms with van der Waals surface area (Å²) in [5.74, 6) is 1.59. The molecule has 0 aliphatic heterocycles. The van der Waals surface area contributed by atoms with E-state index in [4.69, 9.17) is 9.84 Å². The van der Waals surface area contributed by atoms with Crippen molar-refractivity contribution in [2.75, 3.05) is 7.05 Å². The highest BCUT2D eigenvalue weighted by atomic mass is 16.5. The van der Waals surface area contributed by atoms with Crippen molar-refractivity contribution >= 4 is 0 Å². The smallest absolute Gasteiger partial charge is 0.131 e. The fraction of sp³-hybridized carbons (Fsp3) is 0.250. The maximum atomic E-state index is 9.14. The zero-order chi connectivity index (χ0) is 13.7. The summed E-state index contributed by atoms with van der Waals surface area (Å²) in [5, 5.41) is 12.3. The van der Waals surface area contributed by atoms with Crippen LogP contribution in [0.15, 0.2) is 42.5 Å². The van der Waals surface area contributed by atoms with Crippen LogP contribution in [-0.4, -0.2) is 12.2 Å². The number of aryl methyl sites for hydroxylation is 1. The van der Waals surface area contributed by atoms with E-state index >= 15 is 0 Å². The van der Waals surface area contributed by atoms with Crippen LogP contribution in [0.25, 0.3) is 0 Å². The second-order valence-corrected chi connectivity index (χ2v) is 4.55. The molecule has 0 radical (unpaired) electrons. The molecule has 0 aliphatic rings. The molecule has 0 atom stereocenters. The first-order chi connectivity index (χ1) is 9.22. The summed E-state index contributed by atoms with van der Waals surface area (Å²) in [5.41, 5.74) is 3.18. The van der Waals surface area contributed by atoms with Gasteiger partial charge in [0.05, 0.1) is 6.61 Å². The van der Waals surface area contributed by atoms with Crippen molar-refractivity contribution in [1.82, 2.24) is 5.32 Å². The van der Waals surface area contributed by atoms with Crippen LogP contribution in [0.3, 0.4) is 0 Å². The lowest BCUT2D eigenvalue weighted by atomic mass is 10.1. The van der Waals surface area contributed by atoms with Gasteiger partial charge in [0.25, 0.3) is 0 Å². The molecule has 0 aromatic heterocycles. The van der Waals surface area contributed by atoms with Gasteiger partial charge in [-0.15, -0.1) is 0 Å². The molecule has 3 heteroatoms. The number of ether oxygens (including phenoxy) is 1. The van der Waals surface area contributed by atoms with E-state index in [0.29, 0.717) is 0 Å². The Labute approximate surface area is 113 Å². The lowest BCUT2D eigenvalue weighted by molar-refractivity contribution is 0.281. The minimum absolute atomic E-state index is 0.0223. The number of aliphatic hydroxyl groups excluding tert-OH is 1. The monoisotopic (exact) mass is 257 g/mol. The standard InChI is InChI=1S/C16H19NO2/c1-12-6-7-16(14(8-12)10-17-2)19-15-5-3-4-13(9-15)11-18/h3-9,17-18H,10-11H2,1-2H3. The molecule has 19 heavy (non-hydrogen) atoms. The summed E-state index contributed by atoms with van der Waals surface area (Å²) < 4.78 is 5.91. The molecule has 0 spiro atoms. The third-order valence-electron chi connectivity index (χ3n) is 2.89. The molecule has 2 aromatic rings. The van der Waals surface area contributed by atoms with E-state index in [1.54, 1.807) is 0 Å². The fourth-order valence-electron chi connectivity index (χ4n) is 1.97. The van der Waals surface area contributed by atoms with Crippen LogP contribution in [0, 0.1) is 6.92 Å². The average Bonchev–Trinajstić information content (AvgIpc) is 2.42. The number of nitrogens with one attached hydrogen (secondary N) is 1. The van der Waals surface area contributed by atoms with Gasteiger partial charge in [-0.05, 0) is 37.7 Å². The topological polar surface area (TPSA) is 41.5 Å². The molecule has 0 heterocycles. The SMILES string of the molecule is CNCc1cc(C)ccc1Oc1cccc(CO)c1. The maximum Gasteiger partial charge on any atom is 0.131 e. The van der Waals surface area contributed by atoms with Crippen LogP contribution in [0.4, 0.5) is 0 Å². The fourth-order valence-corrected chi connectivity index (χ4v) is 1.97. The number of aliphatic hydroxyl groups is 1. The largest absolute Gasteiger partial charge is 0.457 e. The molecule has 2 N–H and O–H groups in total. The van der Waals surface area contributed by atoms with E-state index in [-0.39, 0.29) is 6.61 Å². The van der Waals surface area contributed by atoms with Crippen molar-refractivity contribution in [3.05, 3.63) is 59.2 Å². The van der Waals surface area contributed by atoms with Gasteiger partial charge >= 0.3 is 0 Å². The molecule has 0 saturated carbocycles. The Hall–Kier alpha value is -1.84. The van der Waals surface area contributed by atoms with E-state index in [0.717, 1.165) is 29.2 Å². The second-order valence-electron chi connectivity index (χ2n) is 4.55. The van der Waals surface area contributed by atoms with E-state index in [1.165, 1.54) is 5.56 Å². The third-order valence-corrected chi connectivity index (χ3v) is 2.89. The zero-order valence-electron chi connectivity index (χ0n) is 11.3. The molecule has 2 rings (SSSR count). The Morgan fingerprint density at radius 2 is 2.00 bits per heavy atom. The van der Waals surface area contributed by atoms with Gasteiger partial charge in [-0.3, -0.25) is 0 Å². The van der Waals surface area contributed by atoms with E-state index in [9.17, 15) is 0 Å². The van der Waals surface area contributed by atoms with Crippen molar-refractivity contribution < 1.29 is 9.84 Å². The Kier molecular flexibility index (Phi) is 4.55. The zero-order valence-corrected chi connectivity index (χ0v) is 11.3. The van der Waals surface area contributed by atoms with E-state index in [1.807, 2.05) is 43.4 Å². The van der Waals surface area contributed by atoms with Gasteiger partial charge in [-0.1, -0.05) is 29.8 Å². The molecular formula is C16H19NO2. The molecular weight excluding hydrogens is 238 g/mol. The minimum Gasteiger partial charge on any atom is -0.457 e. The van der Waals surface area contributed by atoms with Crippen LogP contribution in [-0.2, 0) is 13.2 Å². The summed E-state index contributed by atoms with van der Waals surface area (Å²) in [4.78, 5) is 0. The van der Waals surface area contributed by atoms with Crippen LogP contribution in [0.2, 0.25) is 0 Å². The highest BCUT2D eigenvalue weighted by Gasteiger charge is 2.05. The van der Waals surface area contributed by atoms with Crippen molar-refractivity contribution in [2.24, 2.45) is 0 Å². The predicted molar refractivity (Wildman–Crippen MR) is 76.4 cm³/mol. The van der Waals surface area contributed by atoms with Gasteiger partial charge in [0, 0.05) is 12.1 Å². The third kappa shape index (κ3) is 3.56. The molecule has 3 nitrogen and oxygen atoms in total. The van der Waals surface area contributed by atoms with Crippen molar-refractivity contribution in [3.63, 3.8) is 0 Å². The number of hydrogen-bond acceptors (Lipinski definition) is 3. The lowest BCUT2D eigenvalue weighted by Gasteiger charge is -2.12. The number of benzene rings is 2. The first-order valence-corrected chi connectivity index (χ1v) is 6.34. The maximum absolute atomic E-state index is 9.14. The lowest BCUT2D eigenvalue weighted by Crippen LogP contribution is -2.06. The molecule has 100 valence electrons. The molecule has 0 amide bonds. The van der Waals surface area contributed by atoms with Gasteiger partial charge in [0.2, 0.25) is 0 Å². The van der Waals surface area contributed by atoms with E-state index in [2.05, 4.69) is 18.3 Å². The van der Waals surface area contributed by atoms with Crippen molar-refractivity contribution in [2.45, 2.75) is 20.1 Å². The molecule has 0 saturated heterocycles. The Balaban J connectivity index is 2.26. The Bertz CT molecular complexity index is 552.